The van der Waals surface area contributed by atoms with Gasteiger partial charge in [0.15, 0.2) is 0 Å². The number of pyridine rings is 1. The normalized spacial score (nSPS) is 18.0. The van der Waals surface area contributed by atoms with E-state index in [0.29, 0.717) is 30.9 Å². The second-order valence-electron chi connectivity index (χ2n) is 4.26. The minimum atomic E-state index is -0.230. The summed E-state index contributed by atoms with van der Waals surface area (Å²) in [4.78, 5) is 27.5. The van der Waals surface area contributed by atoms with Crippen LogP contribution in [0.4, 0.5) is 5.82 Å². The van der Waals surface area contributed by atoms with E-state index in [2.05, 4.69) is 36.9 Å². The van der Waals surface area contributed by atoms with Crippen molar-refractivity contribution in [3.63, 3.8) is 0 Å². The number of carbonyl (C=O) groups is 2. The molecule has 2 heterocycles. The fraction of sp³-hybridized carbons (Fsp3) is 0.417. The van der Waals surface area contributed by atoms with Gasteiger partial charge in [-0.1, -0.05) is 0 Å². The van der Waals surface area contributed by atoms with E-state index in [4.69, 9.17) is 0 Å². The maximum atomic E-state index is 12.2. The minimum absolute atomic E-state index is 0.0374. The third-order valence-electron chi connectivity index (χ3n) is 2.76. The van der Waals surface area contributed by atoms with Crippen molar-refractivity contribution in [3.8, 4) is 0 Å². The fourth-order valence-electron chi connectivity index (χ4n) is 1.89. The summed E-state index contributed by atoms with van der Waals surface area (Å²) in [7, 11) is 0. The first-order valence-electron chi connectivity index (χ1n) is 6.07. The first kappa shape index (κ1) is 13.8. The smallest absolute Gasteiger partial charge is 0.255 e. The number of amides is 2. The van der Waals surface area contributed by atoms with Crippen LogP contribution in [0.25, 0.3) is 0 Å². The third kappa shape index (κ3) is 3.44. The average molecular weight is 327 g/mol. The summed E-state index contributed by atoms with van der Waals surface area (Å²) < 4.78 is 0.736. The minimum Gasteiger partial charge on any atom is -0.370 e. The molecule has 2 rings (SSSR count). The van der Waals surface area contributed by atoms with Crippen molar-refractivity contribution < 1.29 is 9.59 Å². The second-order valence-corrected chi connectivity index (χ2v) is 5.17. The van der Waals surface area contributed by atoms with Crippen molar-refractivity contribution in [2.24, 2.45) is 0 Å². The van der Waals surface area contributed by atoms with Crippen LogP contribution in [0.5, 0.6) is 0 Å². The Morgan fingerprint density at radius 2 is 2.42 bits per heavy atom. The Morgan fingerprint density at radius 3 is 3.05 bits per heavy atom. The van der Waals surface area contributed by atoms with Gasteiger partial charge in [-0.15, -0.1) is 0 Å². The van der Waals surface area contributed by atoms with Crippen molar-refractivity contribution >= 4 is 33.6 Å². The van der Waals surface area contributed by atoms with Gasteiger partial charge < -0.3 is 16.0 Å². The Hall–Kier alpha value is -1.63. The Labute approximate surface area is 119 Å². The highest BCUT2D eigenvalue weighted by atomic mass is 79.9. The Bertz CT molecular complexity index is 507. The zero-order chi connectivity index (χ0) is 13.8. The van der Waals surface area contributed by atoms with Gasteiger partial charge in [0.05, 0.1) is 11.6 Å². The number of anilines is 1. The number of nitrogens with zero attached hydrogens (tertiary/aromatic N) is 1. The molecule has 0 spiro atoms. The van der Waals surface area contributed by atoms with Crippen LogP contribution in [0.15, 0.2) is 16.7 Å². The number of nitrogens with one attached hydrogen (secondary N) is 3. The van der Waals surface area contributed by atoms with Crippen LogP contribution < -0.4 is 16.0 Å². The maximum Gasteiger partial charge on any atom is 0.255 e. The molecule has 0 saturated carbocycles. The van der Waals surface area contributed by atoms with Crippen LogP contribution in [0, 0.1) is 0 Å². The van der Waals surface area contributed by atoms with Gasteiger partial charge in [-0.05, 0) is 28.9 Å². The van der Waals surface area contributed by atoms with Gasteiger partial charge in [0.2, 0.25) is 5.91 Å². The first-order valence-corrected chi connectivity index (χ1v) is 6.86. The van der Waals surface area contributed by atoms with E-state index in [1.54, 1.807) is 12.3 Å². The largest absolute Gasteiger partial charge is 0.370 e. The molecule has 0 aromatic carbocycles. The molecule has 0 aliphatic carbocycles. The molecular weight excluding hydrogens is 312 g/mol. The standard InChI is InChI=1S/C12H15BrN4O2/c1-2-14-11-9(3-7(13)5-16-11)12(19)17-8-4-10(18)15-6-8/h3,5,8H,2,4,6H2,1H3,(H,14,16)(H,15,18)(H,17,19). The van der Waals surface area contributed by atoms with E-state index in [1.165, 1.54) is 0 Å². The van der Waals surface area contributed by atoms with Gasteiger partial charge >= 0.3 is 0 Å². The molecule has 6 nitrogen and oxygen atoms in total. The number of carbonyl (C=O) groups excluding carboxylic acids is 2. The van der Waals surface area contributed by atoms with Crippen molar-refractivity contribution in [3.05, 3.63) is 22.3 Å². The molecule has 1 atom stereocenters. The van der Waals surface area contributed by atoms with E-state index < -0.39 is 0 Å². The van der Waals surface area contributed by atoms with Crippen LogP contribution in [-0.4, -0.2) is 35.9 Å². The molecular formula is C12H15BrN4O2. The molecule has 1 unspecified atom stereocenters. The fourth-order valence-corrected chi connectivity index (χ4v) is 2.22. The number of halogens is 1. The SMILES string of the molecule is CCNc1ncc(Br)cc1C(=O)NC1CNC(=O)C1. The Balaban J connectivity index is 2.13. The van der Waals surface area contributed by atoms with Gasteiger partial charge in [-0.25, -0.2) is 4.98 Å². The van der Waals surface area contributed by atoms with Crippen LogP contribution in [-0.2, 0) is 4.79 Å². The molecule has 0 bridgehead atoms. The summed E-state index contributed by atoms with van der Waals surface area (Å²) in [6.07, 6.45) is 1.96. The first-order chi connectivity index (χ1) is 9.10. The van der Waals surface area contributed by atoms with E-state index in [1.807, 2.05) is 6.92 Å². The van der Waals surface area contributed by atoms with E-state index in [-0.39, 0.29) is 17.9 Å². The van der Waals surface area contributed by atoms with Crippen LogP contribution in [0.1, 0.15) is 23.7 Å². The highest BCUT2D eigenvalue weighted by molar-refractivity contribution is 9.10. The monoisotopic (exact) mass is 326 g/mol. The van der Waals surface area contributed by atoms with Crippen molar-refractivity contribution in [2.75, 3.05) is 18.4 Å². The summed E-state index contributed by atoms with van der Waals surface area (Å²) >= 11 is 3.30. The highest BCUT2D eigenvalue weighted by Crippen LogP contribution is 2.18. The summed E-state index contributed by atoms with van der Waals surface area (Å²) in [5.74, 6) is 0.274. The van der Waals surface area contributed by atoms with E-state index >= 15 is 0 Å². The molecule has 19 heavy (non-hydrogen) atoms. The van der Waals surface area contributed by atoms with Gasteiger partial charge in [0.1, 0.15) is 5.82 Å². The maximum absolute atomic E-state index is 12.2. The van der Waals surface area contributed by atoms with Crippen molar-refractivity contribution in [1.82, 2.24) is 15.6 Å². The molecule has 2 amide bonds. The summed E-state index contributed by atoms with van der Waals surface area (Å²) in [5.41, 5.74) is 0.468. The zero-order valence-electron chi connectivity index (χ0n) is 10.5. The molecule has 7 heteroatoms. The van der Waals surface area contributed by atoms with Gasteiger partial charge in [-0.3, -0.25) is 9.59 Å². The van der Waals surface area contributed by atoms with Gasteiger partial charge in [0, 0.05) is 30.2 Å². The second kappa shape index (κ2) is 6.01. The lowest BCUT2D eigenvalue weighted by Crippen LogP contribution is -2.36. The molecule has 1 aromatic rings. The number of hydrogen-bond donors (Lipinski definition) is 3. The highest BCUT2D eigenvalue weighted by Gasteiger charge is 2.24. The van der Waals surface area contributed by atoms with Crippen LogP contribution in [0.2, 0.25) is 0 Å². The van der Waals surface area contributed by atoms with Crippen LogP contribution in [0.3, 0.4) is 0 Å². The lowest BCUT2D eigenvalue weighted by molar-refractivity contribution is -0.119. The molecule has 1 aliphatic heterocycles. The predicted molar refractivity (Wildman–Crippen MR) is 75.0 cm³/mol. The summed E-state index contributed by atoms with van der Waals surface area (Å²) in [6.45, 7) is 3.09. The summed E-state index contributed by atoms with van der Waals surface area (Å²) in [6, 6.07) is 1.55. The number of rotatable bonds is 4. The third-order valence-corrected chi connectivity index (χ3v) is 3.19. The predicted octanol–water partition coefficient (Wildman–Crippen LogP) is 0.894. The van der Waals surface area contributed by atoms with Crippen molar-refractivity contribution in [1.29, 1.82) is 0 Å². The molecule has 0 radical (unpaired) electrons. The topological polar surface area (TPSA) is 83.1 Å². The van der Waals surface area contributed by atoms with E-state index in [9.17, 15) is 9.59 Å². The van der Waals surface area contributed by atoms with E-state index in [0.717, 1.165) is 4.47 Å². The number of hydrogen-bond acceptors (Lipinski definition) is 4. The summed E-state index contributed by atoms with van der Waals surface area (Å²) in [5, 5.41) is 8.55. The van der Waals surface area contributed by atoms with Gasteiger partial charge in [-0.2, -0.15) is 0 Å². The molecule has 1 fully saturated rings. The van der Waals surface area contributed by atoms with Crippen LogP contribution >= 0.6 is 15.9 Å². The molecule has 102 valence electrons. The van der Waals surface area contributed by atoms with Gasteiger partial charge in [0.25, 0.3) is 5.91 Å². The zero-order valence-corrected chi connectivity index (χ0v) is 12.1. The number of aromatic nitrogens is 1. The quantitative estimate of drug-likeness (QED) is 0.767. The molecule has 1 aromatic heterocycles. The lowest BCUT2D eigenvalue weighted by atomic mass is 10.2. The molecule has 1 aliphatic rings. The average Bonchev–Trinajstić information content (AvgIpc) is 2.77. The van der Waals surface area contributed by atoms with Crippen molar-refractivity contribution in [2.45, 2.75) is 19.4 Å². The Kier molecular flexibility index (Phi) is 4.36. The molecule has 3 N–H and O–H groups in total. The lowest BCUT2D eigenvalue weighted by Gasteiger charge is -2.13. The molecule has 1 saturated heterocycles. The Morgan fingerprint density at radius 1 is 1.63 bits per heavy atom.